The quantitative estimate of drug-likeness (QED) is 0.783. The van der Waals surface area contributed by atoms with E-state index in [-0.39, 0.29) is 0 Å². The standard InChI is InChI=1S/C14H17ClN2O2/c1-16-6-5-13(18)14(19)11-4-7-17-12-8-9(15)2-3-10(11)12/h2-4,7-8,13-14,16,18-19H,5-6H2,1H3. The number of nitrogens with zero attached hydrogens (tertiary/aromatic N) is 1. The largest absolute Gasteiger partial charge is 0.390 e. The molecule has 3 N–H and O–H groups in total. The van der Waals surface area contributed by atoms with Gasteiger partial charge >= 0.3 is 0 Å². The van der Waals surface area contributed by atoms with Crippen LogP contribution in [0.1, 0.15) is 18.1 Å². The van der Waals surface area contributed by atoms with Gasteiger partial charge in [-0.25, -0.2) is 0 Å². The fourth-order valence-electron chi connectivity index (χ4n) is 2.06. The zero-order chi connectivity index (χ0) is 13.8. The van der Waals surface area contributed by atoms with Gasteiger partial charge in [0.2, 0.25) is 0 Å². The fourth-order valence-corrected chi connectivity index (χ4v) is 2.22. The van der Waals surface area contributed by atoms with Gasteiger partial charge in [0.1, 0.15) is 6.10 Å². The third-order valence-corrected chi connectivity index (χ3v) is 3.35. The minimum Gasteiger partial charge on any atom is -0.390 e. The predicted octanol–water partition coefficient (Wildman–Crippen LogP) is 1.89. The van der Waals surface area contributed by atoms with E-state index in [4.69, 9.17) is 11.6 Å². The lowest BCUT2D eigenvalue weighted by atomic mass is 9.98. The second-order valence-electron chi connectivity index (χ2n) is 4.47. The molecule has 2 rings (SSSR count). The van der Waals surface area contributed by atoms with Gasteiger partial charge in [-0.1, -0.05) is 17.7 Å². The van der Waals surface area contributed by atoms with Gasteiger partial charge in [0.15, 0.2) is 0 Å². The van der Waals surface area contributed by atoms with Crippen molar-refractivity contribution in [3.05, 3.63) is 41.0 Å². The summed E-state index contributed by atoms with van der Waals surface area (Å²) in [5.74, 6) is 0. The Labute approximate surface area is 117 Å². The predicted molar refractivity (Wildman–Crippen MR) is 76.3 cm³/mol. The highest BCUT2D eigenvalue weighted by atomic mass is 35.5. The molecule has 1 aromatic carbocycles. The van der Waals surface area contributed by atoms with E-state index >= 15 is 0 Å². The monoisotopic (exact) mass is 280 g/mol. The molecule has 5 heteroatoms. The zero-order valence-corrected chi connectivity index (χ0v) is 11.4. The Bertz CT molecular complexity index is 562. The first-order valence-electron chi connectivity index (χ1n) is 6.18. The minimum absolute atomic E-state index is 0.481. The number of hydrogen-bond acceptors (Lipinski definition) is 4. The molecule has 2 aromatic rings. The van der Waals surface area contributed by atoms with Crippen molar-refractivity contribution >= 4 is 22.5 Å². The first-order valence-corrected chi connectivity index (χ1v) is 6.56. The lowest BCUT2D eigenvalue weighted by Gasteiger charge is -2.19. The maximum atomic E-state index is 10.2. The number of nitrogens with one attached hydrogen (secondary N) is 1. The molecular formula is C14H17ClN2O2. The Morgan fingerprint density at radius 2 is 2.11 bits per heavy atom. The molecule has 2 unspecified atom stereocenters. The second kappa shape index (κ2) is 6.30. The number of fused-ring (bicyclic) bond motifs is 1. The van der Waals surface area contributed by atoms with Crippen molar-refractivity contribution < 1.29 is 10.2 Å². The molecule has 0 amide bonds. The van der Waals surface area contributed by atoms with E-state index in [1.807, 2.05) is 13.1 Å². The summed E-state index contributed by atoms with van der Waals surface area (Å²) in [5, 5.41) is 24.6. The average molecular weight is 281 g/mol. The number of benzene rings is 1. The number of rotatable bonds is 5. The van der Waals surface area contributed by atoms with Gasteiger partial charge in [-0.15, -0.1) is 0 Å². The van der Waals surface area contributed by atoms with Gasteiger partial charge < -0.3 is 15.5 Å². The molecule has 102 valence electrons. The number of aliphatic hydroxyl groups excluding tert-OH is 2. The molecule has 0 radical (unpaired) electrons. The van der Waals surface area contributed by atoms with Crippen LogP contribution >= 0.6 is 11.6 Å². The molecule has 2 atom stereocenters. The Balaban J connectivity index is 2.33. The lowest BCUT2D eigenvalue weighted by Crippen LogP contribution is -2.23. The lowest BCUT2D eigenvalue weighted by molar-refractivity contribution is 0.0148. The van der Waals surface area contributed by atoms with E-state index in [1.165, 1.54) is 0 Å². The maximum Gasteiger partial charge on any atom is 0.106 e. The van der Waals surface area contributed by atoms with Gasteiger partial charge in [-0.2, -0.15) is 0 Å². The Morgan fingerprint density at radius 1 is 1.32 bits per heavy atom. The summed E-state index contributed by atoms with van der Waals surface area (Å²) in [6.45, 7) is 0.646. The molecule has 19 heavy (non-hydrogen) atoms. The van der Waals surface area contributed by atoms with E-state index in [0.29, 0.717) is 29.1 Å². The van der Waals surface area contributed by atoms with Crippen LogP contribution in [-0.4, -0.2) is 34.9 Å². The van der Waals surface area contributed by atoms with Gasteiger partial charge in [0.25, 0.3) is 0 Å². The number of aromatic nitrogens is 1. The molecule has 0 aliphatic rings. The molecule has 0 aliphatic carbocycles. The van der Waals surface area contributed by atoms with Gasteiger partial charge in [-0.3, -0.25) is 4.98 Å². The summed E-state index contributed by atoms with van der Waals surface area (Å²) < 4.78 is 0. The van der Waals surface area contributed by atoms with Gasteiger partial charge in [0.05, 0.1) is 11.6 Å². The third kappa shape index (κ3) is 3.22. The molecule has 4 nitrogen and oxygen atoms in total. The van der Waals surface area contributed by atoms with Crippen LogP contribution < -0.4 is 5.32 Å². The fraction of sp³-hybridized carbons (Fsp3) is 0.357. The highest BCUT2D eigenvalue weighted by molar-refractivity contribution is 6.31. The molecule has 0 aliphatic heterocycles. The van der Waals surface area contributed by atoms with Crippen molar-refractivity contribution in [1.29, 1.82) is 0 Å². The van der Waals surface area contributed by atoms with Gasteiger partial charge in [0, 0.05) is 16.6 Å². The SMILES string of the molecule is CNCCC(O)C(O)c1ccnc2cc(Cl)ccc12. The Kier molecular flexibility index (Phi) is 4.71. The average Bonchev–Trinajstić information content (AvgIpc) is 2.42. The molecule has 0 saturated heterocycles. The molecule has 0 fully saturated rings. The third-order valence-electron chi connectivity index (χ3n) is 3.11. The van der Waals surface area contributed by atoms with Crippen molar-refractivity contribution in [1.82, 2.24) is 10.3 Å². The van der Waals surface area contributed by atoms with E-state index in [9.17, 15) is 10.2 Å². The first-order chi connectivity index (χ1) is 9.13. The number of hydrogen-bond donors (Lipinski definition) is 3. The highest BCUT2D eigenvalue weighted by Crippen LogP contribution is 2.27. The minimum atomic E-state index is -0.931. The van der Waals surface area contributed by atoms with Crippen molar-refractivity contribution in [2.75, 3.05) is 13.6 Å². The van der Waals surface area contributed by atoms with Crippen LogP contribution in [-0.2, 0) is 0 Å². The van der Waals surface area contributed by atoms with Gasteiger partial charge in [-0.05, 0) is 43.8 Å². The van der Waals surface area contributed by atoms with E-state index in [2.05, 4.69) is 10.3 Å². The van der Waals surface area contributed by atoms with Crippen LogP contribution in [0.2, 0.25) is 5.02 Å². The molecular weight excluding hydrogens is 264 g/mol. The van der Waals surface area contributed by atoms with Crippen molar-refractivity contribution in [2.24, 2.45) is 0 Å². The molecule has 0 bridgehead atoms. The Hall–Kier alpha value is -1.20. The summed E-state index contributed by atoms with van der Waals surface area (Å²) in [7, 11) is 1.81. The summed E-state index contributed by atoms with van der Waals surface area (Å²) in [5.41, 5.74) is 1.38. The van der Waals surface area contributed by atoms with Crippen molar-refractivity contribution in [2.45, 2.75) is 18.6 Å². The molecule has 1 aromatic heterocycles. The number of aliphatic hydroxyl groups is 2. The number of pyridine rings is 1. The highest BCUT2D eigenvalue weighted by Gasteiger charge is 2.20. The normalized spacial score (nSPS) is 14.5. The van der Waals surface area contributed by atoms with Crippen molar-refractivity contribution in [3.63, 3.8) is 0 Å². The smallest absolute Gasteiger partial charge is 0.106 e. The van der Waals surface area contributed by atoms with E-state index < -0.39 is 12.2 Å². The first kappa shape index (κ1) is 14.2. The maximum absolute atomic E-state index is 10.2. The summed E-state index contributed by atoms with van der Waals surface area (Å²) in [6.07, 6.45) is 0.352. The summed E-state index contributed by atoms with van der Waals surface area (Å²) in [4.78, 5) is 4.22. The van der Waals surface area contributed by atoms with Crippen LogP contribution in [0, 0.1) is 0 Å². The molecule has 0 spiro atoms. The van der Waals surface area contributed by atoms with Crippen molar-refractivity contribution in [3.8, 4) is 0 Å². The molecule has 0 saturated carbocycles. The van der Waals surface area contributed by atoms with Crippen LogP contribution in [0.4, 0.5) is 0 Å². The van der Waals surface area contributed by atoms with Crippen LogP contribution in [0.15, 0.2) is 30.5 Å². The second-order valence-corrected chi connectivity index (χ2v) is 4.90. The zero-order valence-electron chi connectivity index (χ0n) is 10.7. The van der Waals surface area contributed by atoms with E-state index in [0.717, 1.165) is 5.39 Å². The van der Waals surface area contributed by atoms with Crippen LogP contribution in [0.25, 0.3) is 10.9 Å². The number of halogens is 1. The topological polar surface area (TPSA) is 65.4 Å². The van der Waals surface area contributed by atoms with Crippen LogP contribution in [0.3, 0.4) is 0 Å². The van der Waals surface area contributed by atoms with Crippen LogP contribution in [0.5, 0.6) is 0 Å². The molecule has 1 heterocycles. The Morgan fingerprint density at radius 3 is 2.84 bits per heavy atom. The summed E-state index contributed by atoms with van der Waals surface area (Å²) in [6, 6.07) is 7.03. The summed E-state index contributed by atoms with van der Waals surface area (Å²) >= 11 is 5.92. The van der Waals surface area contributed by atoms with E-state index in [1.54, 1.807) is 24.4 Å².